The van der Waals surface area contributed by atoms with Gasteiger partial charge in [0, 0.05) is 31.8 Å². The third kappa shape index (κ3) is 3.54. The van der Waals surface area contributed by atoms with Gasteiger partial charge in [-0.05, 0) is 31.7 Å². The fraction of sp³-hybridized carbons (Fsp3) is 0.533. The first-order valence-electron chi connectivity index (χ1n) is 7.38. The number of non-ortho nitro benzene ring substituents is 1. The Morgan fingerprint density at radius 3 is 2.95 bits per heavy atom. The van der Waals surface area contributed by atoms with Crippen LogP contribution in [0.2, 0.25) is 0 Å². The molecule has 22 heavy (non-hydrogen) atoms. The van der Waals surface area contributed by atoms with Crippen molar-refractivity contribution < 1.29 is 19.6 Å². The highest BCUT2D eigenvalue weighted by atomic mass is 16.6. The number of piperidine rings is 1. The van der Waals surface area contributed by atoms with E-state index >= 15 is 0 Å². The van der Waals surface area contributed by atoms with E-state index in [2.05, 4.69) is 0 Å². The summed E-state index contributed by atoms with van der Waals surface area (Å²) in [5, 5.41) is 20.3. The van der Waals surface area contributed by atoms with Gasteiger partial charge in [0.1, 0.15) is 0 Å². The molecule has 2 rings (SSSR count). The second-order valence-electron chi connectivity index (χ2n) is 5.32. The minimum Gasteiger partial charge on any atom is -0.462 e. The molecular weight excluding hydrogens is 288 g/mol. The number of carbonyl (C=O) groups is 1. The molecule has 0 spiro atoms. The maximum atomic E-state index is 12.1. The second kappa shape index (κ2) is 7.22. The molecule has 0 unspecified atom stereocenters. The number of aliphatic hydroxyl groups excluding tert-OH is 1. The van der Waals surface area contributed by atoms with Crippen LogP contribution in [0.15, 0.2) is 18.2 Å². The largest absolute Gasteiger partial charge is 0.462 e. The summed E-state index contributed by atoms with van der Waals surface area (Å²) in [6, 6.07) is 4.24. The van der Waals surface area contributed by atoms with Crippen LogP contribution in [0.5, 0.6) is 0 Å². The monoisotopic (exact) mass is 308 g/mol. The molecule has 1 aromatic rings. The number of hydrogen-bond donors (Lipinski definition) is 1. The van der Waals surface area contributed by atoms with E-state index in [9.17, 15) is 20.0 Å². The maximum Gasteiger partial charge on any atom is 0.340 e. The molecule has 0 aromatic heterocycles. The number of esters is 1. The number of aliphatic hydroxyl groups is 1. The van der Waals surface area contributed by atoms with Crippen molar-refractivity contribution in [1.29, 1.82) is 0 Å². The molecule has 1 aliphatic rings. The average molecular weight is 308 g/mol. The second-order valence-corrected chi connectivity index (χ2v) is 5.32. The molecule has 0 radical (unpaired) electrons. The Bertz CT molecular complexity index is 561. The van der Waals surface area contributed by atoms with Crippen LogP contribution in [0, 0.1) is 16.0 Å². The topological polar surface area (TPSA) is 92.9 Å². The highest BCUT2D eigenvalue weighted by Gasteiger charge is 2.25. The van der Waals surface area contributed by atoms with Crippen molar-refractivity contribution in [2.24, 2.45) is 5.92 Å². The van der Waals surface area contributed by atoms with E-state index in [1.807, 2.05) is 4.90 Å². The van der Waals surface area contributed by atoms with Gasteiger partial charge in [0.25, 0.3) is 5.69 Å². The first-order valence-corrected chi connectivity index (χ1v) is 7.38. The maximum absolute atomic E-state index is 12.1. The van der Waals surface area contributed by atoms with Crippen LogP contribution < -0.4 is 4.90 Å². The Morgan fingerprint density at radius 2 is 2.32 bits per heavy atom. The van der Waals surface area contributed by atoms with Crippen LogP contribution in [0.1, 0.15) is 30.1 Å². The SMILES string of the molecule is CCOC(=O)c1cc([N+](=O)[O-])ccc1N1CCC[C@H](CO)C1. The predicted octanol–water partition coefficient (Wildman–Crippen LogP) is 1.98. The molecule has 1 atom stereocenters. The molecule has 0 saturated carbocycles. The molecule has 1 aromatic carbocycles. The van der Waals surface area contributed by atoms with Gasteiger partial charge in [-0.2, -0.15) is 0 Å². The Balaban J connectivity index is 2.36. The van der Waals surface area contributed by atoms with Crippen LogP contribution in [-0.2, 0) is 4.74 Å². The fourth-order valence-electron chi connectivity index (χ4n) is 2.72. The van der Waals surface area contributed by atoms with Gasteiger partial charge in [-0.25, -0.2) is 4.79 Å². The zero-order valence-electron chi connectivity index (χ0n) is 12.5. The van der Waals surface area contributed by atoms with Gasteiger partial charge in [0.05, 0.1) is 22.8 Å². The van der Waals surface area contributed by atoms with Gasteiger partial charge in [0.2, 0.25) is 0 Å². The summed E-state index contributed by atoms with van der Waals surface area (Å²) in [5.74, 6) is -0.411. The summed E-state index contributed by atoms with van der Waals surface area (Å²) in [7, 11) is 0. The van der Waals surface area contributed by atoms with Crippen molar-refractivity contribution in [2.75, 3.05) is 31.2 Å². The van der Waals surface area contributed by atoms with Gasteiger partial charge in [-0.1, -0.05) is 0 Å². The van der Waals surface area contributed by atoms with Gasteiger partial charge in [-0.15, -0.1) is 0 Å². The summed E-state index contributed by atoms with van der Waals surface area (Å²) < 4.78 is 5.01. The number of nitro groups is 1. The smallest absolute Gasteiger partial charge is 0.340 e. The molecule has 7 heteroatoms. The molecule has 1 saturated heterocycles. The van der Waals surface area contributed by atoms with Crippen molar-refractivity contribution in [2.45, 2.75) is 19.8 Å². The number of nitrogens with zero attached hydrogens (tertiary/aromatic N) is 2. The number of anilines is 1. The van der Waals surface area contributed by atoms with E-state index in [-0.39, 0.29) is 30.4 Å². The highest BCUT2D eigenvalue weighted by Crippen LogP contribution is 2.30. The van der Waals surface area contributed by atoms with Crippen molar-refractivity contribution in [3.63, 3.8) is 0 Å². The van der Waals surface area contributed by atoms with Crippen LogP contribution in [0.4, 0.5) is 11.4 Å². The number of rotatable bonds is 5. The summed E-state index contributed by atoms with van der Waals surface area (Å²) in [5.41, 5.74) is 0.694. The van der Waals surface area contributed by atoms with Crippen molar-refractivity contribution >= 4 is 17.3 Å². The van der Waals surface area contributed by atoms with Crippen molar-refractivity contribution in [1.82, 2.24) is 0 Å². The molecular formula is C15H20N2O5. The van der Waals surface area contributed by atoms with Crippen LogP contribution in [-0.4, -0.2) is 42.3 Å². The number of ether oxygens (including phenoxy) is 1. The molecule has 120 valence electrons. The van der Waals surface area contributed by atoms with Gasteiger partial charge < -0.3 is 14.7 Å². The molecule has 1 aliphatic heterocycles. The summed E-state index contributed by atoms with van der Waals surface area (Å²) >= 11 is 0. The molecule has 0 amide bonds. The first-order chi connectivity index (χ1) is 10.6. The molecule has 0 bridgehead atoms. The first kappa shape index (κ1) is 16.2. The summed E-state index contributed by atoms with van der Waals surface area (Å²) in [6.45, 7) is 3.37. The van der Waals surface area contributed by atoms with E-state index in [0.717, 1.165) is 19.4 Å². The van der Waals surface area contributed by atoms with E-state index in [1.165, 1.54) is 12.1 Å². The van der Waals surface area contributed by atoms with Crippen LogP contribution in [0.3, 0.4) is 0 Å². The van der Waals surface area contributed by atoms with E-state index in [4.69, 9.17) is 4.74 Å². The van der Waals surface area contributed by atoms with Crippen LogP contribution >= 0.6 is 0 Å². The summed E-state index contributed by atoms with van der Waals surface area (Å²) in [4.78, 5) is 24.5. The number of nitro benzene ring substituents is 1. The zero-order chi connectivity index (χ0) is 16.1. The highest BCUT2D eigenvalue weighted by molar-refractivity contribution is 5.96. The zero-order valence-corrected chi connectivity index (χ0v) is 12.5. The number of benzene rings is 1. The minimum atomic E-state index is -0.563. The van der Waals surface area contributed by atoms with Crippen molar-refractivity contribution in [3.8, 4) is 0 Å². The Kier molecular flexibility index (Phi) is 5.32. The van der Waals surface area contributed by atoms with Gasteiger partial charge in [0.15, 0.2) is 0 Å². The lowest BCUT2D eigenvalue weighted by Gasteiger charge is -2.34. The molecule has 0 aliphatic carbocycles. The molecule has 7 nitrogen and oxygen atoms in total. The third-order valence-electron chi connectivity index (χ3n) is 3.80. The lowest BCUT2D eigenvalue weighted by molar-refractivity contribution is -0.384. The van der Waals surface area contributed by atoms with Crippen LogP contribution in [0.25, 0.3) is 0 Å². The lowest BCUT2D eigenvalue weighted by Crippen LogP contribution is -2.37. The standard InChI is InChI=1S/C15H20N2O5/c1-2-22-15(19)13-8-12(17(20)21)5-6-14(13)16-7-3-4-11(9-16)10-18/h5-6,8,11,18H,2-4,7,9-10H2,1H3/t11-/m0/s1. The van der Waals surface area contributed by atoms with E-state index < -0.39 is 10.9 Å². The Labute approximate surface area is 128 Å². The minimum absolute atomic E-state index is 0.0955. The van der Waals surface area contributed by atoms with E-state index in [0.29, 0.717) is 12.2 Å². The Hall–Kier alpha value is -2.15. The van der Waals surface area contributed by atoms with Gasteiger partial charge >= 0.3 is 5.97 Å². The Morgan fingerprint density at radius 1 is 1.55 bits per heavy atom. The summed E-state index contributed by atoms with van der Waals surface area (Å²) in [6.07, 6.45) is 1.85. The van der Waals surface area contributed by atoms with Gasteiger partial charge in [-0.3, -0.25) is 10.1 Å². The quantitative estimate of drug-likeness (QED) is 0.508. The molecule has 1 N–H and O–H groups in total. The third-order valence-corrected chi connectivity index (χ3v) is 3.80. The number of hydrogen-bond acceptors (Lipinski definition) is 6. The van der Waals surface area contributed by atoms with E-state index in [1.54, 1.807) is 13.0 Å². The number of carbonyl (C=O) groups excluding carboxylic acids is 1. The average Bonchev–Trinajstić information content (AvgIpc) is 2.54. The molecule has 1 fully saturated rings. The van der Waals surface area contributed by atoms with Crippen molar-refractivity contribution in [3.05, 3.63) is 33.9 Å². The lowest BCUT2D eigenvalue weighted by atomic mass is 9.97. The normalized spacial score (nSPS) is 18.1. The molecule has 1 heterocycles. The predicted molar refractivity (Wildman–Crippen MR) is 81.1 cm³/mol. The fourth-order valence-corrected chi connectivity index (χ4v) is 2.72.